The SMILES string of the molecule is CC1(C)OC[C@@H](NC(=O)C(N)=O)[C@@H]([C@@H]2OC(C)(C)O[C@@H]2CO)O1. The molecular formula is C14H24N2O7. The van der Waals surface area contributed by atoms with E-state index in [2.05, 4.69) is 5.32 Å². The number of ether oxygens (including phenoxy) is 4. The summed E-state index contributed by atoms with van der Waals surface area (Å²) in [6.45, 7) is 6.72. The van der Waals surface area contributed by atoms with E-state index < -0.39 is 47.7 Å². The number of carbonyl (C=O) groups is 2. The number of aliphatic hydroxyl groups is 1. The number of nitrogens with two attached hydrogens (primary N) is 1. The van der Waals surface area contributed by atoms with Crippen molar-refractivity contribution in [3.8, 4) is 0 Å². The van der Waals surface area contributed by atoms with Crippen molar-refractivity contribution in [2.24, 2.45) is 5.73 Å². The van der Waals surface area contributed by atoms with Gasteiger partial charge in [0, 0.05) is 0 Å². The summed E-state index contributed by atoms with van der Waals surface area (Å²) in [7, 11) is 0. The van der Waals surface area contributed by atoms with E-state index in [0.717, 1.165) is 0 Å². The van der Waals surface area contributed by atoms with Crippen LogP contribution in [-0.2, 0) is 28.5 Å². The zero-order valence-electron chi connectivity index (χ0n) is 13.7. The molecule has 0 saturated carbocycles. The van der Waals surface area contributed by atoms with E-state index >= 15 is 0 Å². The molecule has 4 atom stereocenters. The van der Waals surface area contributed by atoms with Gasteiger partial charge >= 0.3 is 11.8 Å². The maximum Gasteiger partial charge on any atom is 0.309 e. The highest BCUT2D eigenvalue weighted by Crippen LogP contribution is 2.35. The van der Waals surface area contributed by atoms with E-state index in [0.29, 0.717) is 0 Å². The van der Waals surface area contributed by atoms with Crippen molar-refractivity contribution in [2.75, 3.05) is 13.2 Å². The van der Waals surface area contributed by atoms with Crippen LogP contribution in [0.5, 0.6) is 0 Å². The fourth-order valence-electron chi connectivity index (χ4n) is 2.77. The van der Waals surface area contributed by atoms with Gasteiger partial charge in [-0.2, -0.15) is 0 Å². The van der Waals surface area contributed by atoms with Gasteiger partial charge in [-0.05, 0) is 27.7 Å². The predicted molar refractivity (Wildman–Crippen MR) is 76.9 cm³/mol. The van der Waals surface area contributed by atoms with Gasteiger partial charge < -0.3 is 35.1 Å². The molecule has 23 heavy (non-hydrogen) atoms. The van der Waals surface area contributed by atoms with Gasteiger partial charge in [0.15, 0.2) is 11.6 Å². The van der Waals surface area contributed by atoms with Crippen LogP contribution >= 0.6 is 0 Å². The van der Waals surface area contributed by atoms with E-state index in [9.17, 15) is 14.7 Å². The first kappa shape index (κ1) is 18.1. The van der Waals surface area contributed by atoms with Gasteiger partial charge in [0.2, 0.25) is 0 Å². The predicted octanol–water partition coefficient (Wildman–Crippen LogP) is -1.38. The molecule has 2 fully saturated rings. The summed E-state index contributed by atoms with van der Waals surface area (Å²) in [4.78, 5) is 22.6. The highest BCUT2D eigenvalue weighted by molar-refractivity contribution is 6.34. The molecule has 0 bridgehead atoms. The van der Waals surface area contributed by atoms with Crippen LogP contribution in [-0.4, -0.2) is 66.1 Å². The summed E-state index contributed by atoms with van der Waals surface area (Å²) in [6, 6.07) is -0.667. The van der Waals surface area contributed by atoms with Crippen LogP contribution in [0.2, 0.25) is 0 Å². The second kappa shape index (κ2) is 6.33. The van der Waals surface area contributed by atoms with E-state index in [-0.39, 0.29) is 13.2 Å². The van der Waals surface area contributed by atoms with Crippen molar-refractivity contribution in [2.45, 2.75) is 63.6 Å². The molecule has 0 radical (unpaired) electrons. The molecule has 0 aromatic rings. The third-order valence-corrected chi connectivity index (χ3v) is 3.69. The standard InChI is InChI=1S/C14H24N2O7/c1-13(2)20-6-7(16-12(19)11(15)18)9(22-13)10-8(5-17)21-14(3,4)23-10/h7-10,17H,5-6H2,1-4H3,(H2,15,18)(H,16,19)/t7-,8-,9+,10-/m1/s1. The van der Waals surface area contributed by atoms with Crippen LogP contribution in [0.4, 0.5) is 0 Å². The topological polar surface area (TPSA) is 129 Å². The molecule has 2 saturated heterocycles. The lowest BCUT2D eigenvalue weighted by Crippen LogP contribution is -2.62. The Kier molecular flexibility index (Phi) is 4.97. The average molecular weight is 332 g/mol. The first-order valence-electron chi connectivity index (χ1n) is 7.43. The Bertz CT molecular complexity index is 480. The molecular weight excluding hydrogens is 308 g/mol. The van der Waals surface area contributed by atoms with Gasteiger partial charge in [-0.15, -0.1) is 0 Å². The average Bonchev–Trinajstić information content (AvgIpc) is 2.75. The van der Waals surface area contributed by atoms with Crippen molar-refractivity contribution in [1.82, 2.24) is 5.32 Å². The van der Waals surface area contributed by atoms with E-state index in [4.69, 9.17) is 24.7 Å². The molecule has 132 valence electrons. The summed E-state index contributed by atoms with van der Waals surface area (Å²) in [5.74, 6) is -3.85. The molecule has 2 rings (SSSR count). The summed E-state index contributed by atoms with van der Waals surface area (Å²) in [5, 5.41) is 12.0. The molecule has 4 N–H and O–H groups in total. The van der Waals surface area contributed by atoms with Gasteiger partial charge in [-0.3, -0.25) is 9.59 Å². The third-order valence-electron chi connectivity index (χ3n) is 3.69. The molecule has 2 heterocycles. The molecule has 9 nitrogen and oxygen atoms in total. The fraction of sp³-hybridized carbons (Fsp3) is 0.857. The Morgan fingerprint density at radius 2 is 1.74 bits per heavy atom. The number of nitrogens with one attached hydrogen (secondary N) is 1. The second-order valence-electron chi connectivity index (χ2n) is 6.56. The molecule has 0 spiro atoms. The van der Waals surface area contributed by atoms with E-state index in [1.54, 1.807) is 27.7 Å². The molecule has 0 unspecified atom stereocenters. The molecule has 2 amide bonds. The van der Waals surface area contributed by atoms with Crippen LogP contribution < -0.4 is 11.1 Å². The Morgan fingerprint density at radius 1 is 1.13 bits per heavy atom. The largest absolute Gasteiger partial charge is 0.394 e. The molecule has 2 aliphatic rings. The molecule has 9 heteroatoms. The Morgan fingerprint density at radius 3 is 2.30 bits per heavy atom. The Hall–Kier alpha value is -1.26. The maximum atomic E-state index is 11.6. The zero-order valence-corrected chi connectivity index (χ0v) is 13.7. The monoisotopic (exact) mass is 332 g/mol. The minimum absolute atomic E-state index is 0.106. The number of hydrogen-bond acceptors (Lipinski definition) is 7. The third kappa shape index (κ3) is 4.18. The summed E-state index contributed by atoms with van der Waals surface area (Å²) in [6.07, 6.45) is -1.95. The summed E-state index contributed by atoms with van der Waals surface area (Å²) < 4.78 is 22.9. The quantitative estimate of drug-likeness (QED) is 0.543. The number of amides is 2. The zero-order chi connectivity index (χ0) is 17.4. The van der Waals surface area contributed by atoms with Gasteiger partial charge in [-0.25, -0.2) is 0 Å². The number of rotatable bonds is 3. The minimum atomic E-state index is -1.10. The minimum Gasteiger partial charge on any atom is -0.394 e. The van der Waals surface area contributed by atoms with Crippen LogP contribution in [0, 0.1) is 0 Å². The fourth-order valence-corrected chi connectivity index (χ4v) is 2.77. The maximum absolute atomic E-state index is 11.6. The van der Waals surface area contributed by atoms with Crippen molar-refractivity contribution in [1.29, 1.82) is 0 Å². The van der Waals surface area contributed by atoms with Crippen LogP contribution in [0.3, 0.4) is 0 Å². The highest BCUT2D eigenvalue weighted by atomic mass is 16.8. The van der Waals surface area contributed by atoms with E-state index in [1.807, 2.05) is 0 Å². The Labute approximate surface area is 134 Å². The van der Waals surface area contributed by atoms with Crippen LogP contribution in [0.15, 0.2) is 0 Å². The van der Waals surface area contributed by atoms with E-state index in [1.165, 1.54) is 0 Å². The number of carbonyl (C=O) groups excluding carboxylic acids is 2. The lowest BCUT2D eigenvalue weighted by atomic mass is 9.99. The lowest BCUT2D eigenvalue weighted by molar-refractivity contribution is -0.302. The molecule has 0 aliphatic carbocycles. The first-order valence-corrected chi connectivity index (χ1v) is 7.43. The van der Waals surface area contributed by atoms with Gasteiger partial charge in [-0.1, -0.05) is 0 Å². The smallest absolute Gasteiger partial charge is 0.309 e. The second-order valence-corrected chi connectivity index (χ2v) is 6.56. The Balaban J connectivity index is 2.21. The van der Waals surface area contributed by atoms with Gasteiger partial charge in [0.25, 0.3) is 0 Å². The van der Waals surface area contributed by atoms with Crippen molar-refractivity contribution in [3.63, 3.8) is 0 Å². The number of hydrogen-bond donors (Lipinski definition) is 3. The summed E-state index contributed by atoms with van der Waals surface area (Å²) >= 11 is 0. The molecule has 0 aromatic heterocycles. The van der Waals surface area contributed by atoms with Crippen molar-refractivity contribution in [3.05, 3.63) is 0 Å². The summed E-state index contributed by atoms with van der Waals surface area (Å²) in [5.41, 5.74) is 4.97. The van der Waals surface area contributed by atoms with Gasteiger partial charge in [0.1, 0.15) is 18.3 Å². The highest BCUT2D eigenvalue weighted by Gasteiger charge is 2.51. The number of aliphatic hydroxyl groups excluding tert-OH is 1. The molecule has 2 aliphatic heterocycles. The van der Waals surface area contributed by atoms with Crippen molar-refractivity contribution < 1.29 is 33.6 Å². The normalized spacial score (nSPS) is 35.7. The van der Waals surface area contributed by atoms with Crippen molar-refractivity contribution >= 4 is 11.8 Å². The lowest BCUT2D eigenvalue weighted by Gasteiger charge is -2.43. The molecule has 0 aromatic carbocycles. The number of primary amides is 1. The van der Waals surface area contributed by atoms with Crippen LogP contribution in [0.25, 0.3) is 0 Å². The van der Waals surface area contributed by atoms with Gasteiger partial charge in [0.05, 0.1) is 19.3 Å². The first-order chi connectivity index (χ1) is 10.5. The van der Waals surface area contributed by atoms with Crippen LogP contribution in [0.1, 0.15) is 27.7 Å².